The SMILES string of the molecule is CCCCCC/C=C\C=C/CCCCCCCC(=O)O[C@H](COC(=O)CCCCCCCCCCCCCCCCCCCCC(C)C)COP(=O)(O)OC[C@@H](O)COP(=O)(O)OC[C@@H](COC(=O)CCCCCCCCC(C)CC)OC(=O)CCCCCCCCCCCCCCCCC(C)C. The van der Waals surface area contributed by atoms with Crippen molar-refractivity contribution in [1.82, 2.24) is 0 Å². The minimum Gasteiger partial charge on any atom is -0.462 e. The molecule has 0 rings (SSSR count). The zero-order valence-corrected chi connectivity index (χ0v) is 69.1. The van der Waals surface area contributed by atoms with E-state index < -0.39 is 97.5 Å². The average molecular weight is 1500 g/mol. The van der Waals surface area contributed by atoms with Crippen LogP contribution >= 0.6 is 15.6 Å². The molecular weight excluding hydrogens is 1340 g/mol. The lowest BCUT2D eigenvalue weighted by molar-refractivity contribution is -0.161. The third kappa shape index (κ3) is 76.1. The van der Waals surface area contributed by atoms with Crippen molar-refractivity contribution < 1.29 is 80.2 Å². The monoisotopic (exact) mass is 1500 g/mol. The van der Waals surface area contributed by atoms with E-state index in [0.29, 0.717) is 25.7 Å². The first-order valence-corrected chi connectivity index (χ1v) is 45.7. The predicted octanol–water partition coefficient (Wildman–Crippen LogP) is 24.9. The molecule has 0 heterocycles. The second-order valence-electron chi connectivity index (χ2n) is 30.7. The number of allylic oxidation sites excluding steroid dienone is 4. The van der Waals surface area contributed by atoms with E-state index >= 15 is 0 Å². The Morgan fingerprint density at radius 2 is 0.573 bits per heavy atom. The molecular formula is C84H160O17P2. The van der Waals surface area contributed by atoms with Crippen molar-refractivity contribution in [2.24, 2.45) is 17.8 Å². The number of carbonyl (C=O) groups excluding carboxylic acids is 4. The molecule has 0 aliphatic heterocycles. The number of aliphatic hydroxyl groups is 1. The topological polar surface area (TPSA) is 237 Å². The Hall–Kier alpha value is -2.46. The lowest BCUT2D eigenvalue weighted by Crippen LogP contribution is -2.30. The summed E-state index contributed by atoms with van der Waals surface area (Å²) in [6.07, 6.45) is 66.1. The molecule has 3 N–H and O–H groups in total. The van der Waals surface area contributed by atoms with Gasteiger partial charge in [-0.3, -0.25) is 37.3 Å². The van der Waals surface area contributed by atoms with Crippen LogP contribution in [-0.4, -0.2) is 96.7 Å². The zero-order chi connectivity index (χ0) is 75.8. The fraction of sp³-hybridized carbons (Fsp3) is 0.905. The Kier molecular flexibility index (Phi) is 71.9. The number of phosphoric acid groups is 2. The van der Waals surface area contributed by atoms with Crippen molar-refractivity contribution in [2.75, 3.05) is 39.6 Å². The van der Waals surface area contributed by atoms with Crippen LogP contribution in [0.1, 0.15) is 414 Å². The van der Waals surface area contributed by atoms with Crippen LogP contribution in [0.15, 0.2) is 24.3 Å². The summed E-state index contributed by atoms with van der Waals surface area (Å²) in [5.41, 5.74) is 0. The molecule has 0 bridgehead atoms. The first-order valence-electron chi connectivity index (χ1n) is 42.7. The highest BCUT2D eigenvalue weighted by Crippen LogP contribution is 2.45. The second-order valence-corrected chi connectivity index (χ2v) is 33.6. The lowest BCUT2D eigenvalue weighted by atomic mass is 10.00. The van der Waals surface area contributed by atoms with Gasteiger partial charge in [0.25, 0.3) is 0 Å². The van der Waals surface area contributed by atoms with Crippen molar-refractivity contribution in [2.45, 2.75) is 433 Å². The van der Waals surface area contributed by atoms with Gasteiger partial charge in [0.15, 0.2) is 12.2 Å². The van der Waals surface area contributed by atoms with Gasteiger partial charge in [0, 0.05) is 25.7 Å². The van der Waals surface area contributed by atoms with Crippen LogP contribution < -0.4 is 0 Å². The predicted molar refractivity (Wildman–Crippen MR) is 423 cm³/mol. The molecule has 0 saturated carbocycles. The van der Waals surface area contributed by atoms with Gasteiger partial charge in [-0.25, -0.2) is 9.13 Å². The Morgan fingerprint density at radius 1 is 0.320 bits per heavy atom. The van der Waals surface area contributed by atoms with Gasteiger partial charge in [0.1, 0.15) is 19.3 Å². The second kappa shape index (κ2) is 73.7. The third-order valence-corrected chi connectivity index (χ3v) is 21.3. The Labute approximate surface area is 631 Å². The number of hydrogen-bond donors (Lipinski definition) is 3. The summed E-state index contributed by atoms with van der Waals surface area (Å²) in [6, 6.07) is 0. The summed E-state index contributed by atoms with van der Waals surface area (Å²) in [5.74, 6) is 0.205. The quantitative estimate of drug-likeness (QED) is 0.0169. The van der Waals surface area contributed by atoms with Crippen LogP contribution in [0.25, 0.3) is 0 Å². The maximum Gasteiger partial charge on any atom is 0.472 e. The summed E-state index contributed by atoms with van der Waals surface area (Å²) in [4.78, 5) is 73.1. The zero-order valence-electron chi connectivity index (χ0n) is 67.3. The minimum atomic E-state index is -4.97. The highest BCUT2D eigenvalue weighted by Gasteiger charge is 2.30. The van der Waals surface area contributed by atoms with Gasteiger partial charge in [-0.05, 0) is 69.1 Å². The number of carbonyl (C=O) groups is 4. The van der Waals surface area contributed by atoms with Crippen LogP contribution in [0.2, 0.25) is 0 Å². The third-order valence-electron chi connectivity index (χ3n) is 19.4. The molecule has 0 aromatic heterocycles. The Morgan fingerprint density at radius 3 is 0.864 bits per heavy atom. The average Bonchev–Trinajstić information content (AvgIpc) is 0.910. The molecule has 17 nitrogen and oxygen atoms in total. The molecule has 0 amide bonds. The Balaban J connectivity index is 5.24. The van der Waals surface area contributed by atoms with Crippen LogP contribution in [0.4, 0.5) is 0 Å². The molecule has 103 heavy (non-hydrogen) atoms. The van der Waals surface area contributed by atoms with Gasteiger partial charge < -0.3 is 33.8 Å². The summed E-state index contributed by atoms with van der Waals surface area (Å²) >= 11 is 0. The van der Waals surface area contributed by atoms with E-state index in [2.05, 4.69) is 72.8 Å². The van der Waals surface area contributed by atoms with Crippen LogP contribution in [0.5, 0.6) is 0 Å². The van der Waals surface area contributed by atoms with Gasteiger partial charge in [-0.2, -0.15) is 0 Å². The van der Waals surface area contributed by atoms with Crippen molar-refractivity contribution in [1.29, 1.82) is 0 Å². The van der Waals surface area contributed by atoms with E-state index in [0.717, 1.165) is 127 Å². The minimum absolute atomic E-state index is 0.0853. The summed E-state index contributed by atoms with van der Waals surface area (Å²) in [5, 5.41) is 10.7. The number of hydrogen-bond acceptors (Lipinski definition) is 15. The number of phosphoric ester groups is 2. The molecule has 0 radical (unpaired) electrons. The Bertz CT molecular complexity index is 2090. The van der Waals surface area contributed by atoms with E-state index in [1.165, 1.54) is 205 Å². The number of ether oxygens (including phenoxy) is 4. The van der Waals surface area contributed by atoms with Gasteiger partial charge in [0.05, 0.1) is 26.4 Å². The molecule has 3 unspecified atom stereocenters. The highest BCUT2D eigenvalue weighted by molar-refractivity contribution is 7.47. The highest BCUT2D eigenvalue weighted by atomic mass is 31.2. The molecule has 0 fully saturated rings. The molecule has 0 spiro atoms. The standard InChI is InChI=1S/C84H160O17P2/c1-8-10-11-12-13-14-15-16-21-29-34-39-44-53-60-67-83(88)100-79(71-94-81(86)65-58-51-43-38-33-28-23-20-18-17-19-22-26-31-36-41-48-55-62-75(3)4)73-98-102(90,91)96-69-78(85)70-97-103(92,93)99-74-80(72-95-82(87)66-59-52-47-46-50-57-64-77(7)9-2)101-84(89)68-61-54-45-40-35-30-25-24-27-32-37-42-49-56-63-76(5)6/h14-16,21,75-80,85H,8-13,17-20,22-74H2,1-7H3,(H,90,91)(H,92,93)/b15-14-,21-16-/t77?,78-,79-,80-/m1/s1. The normalized spacial score (nSPS) is 14.3. The number of esters is 4. The molecule has 0 aliphatic carbocycles. The van der Waals surface area contributed by atoms with Crippen LogP contribution in [-0.2, 0) is 65.4 Å². The number of aliphatic hydroxyl groups excluding tert-OH is 1. The van der Waals surface area contributed by atoms with Crippen molar-refractivity contribution in [3.63, 3.8) is 0 Å². The molecule has 0 aromatic rings. The van der Waals surface area contributed by atoms with Crippen molar-refractivity contribution in [3.8, 4) is 0 Å². The maximum absolute atomic E-state index is 13.1. The van der Waals surface area contributed by atoms with Crippen molar-refractivity contribution in [3.05, 3.63) is 24.3 Å². The molecule has 0 saturated heterocycles. The number of rotatable bonds is 80. The van der Waals surface area contributed by atoms with Gasteiger partial charge in [-0.1, -0.05) is 362 Å². The van der Waals surface area contributed by atoms with E-state index in [1.54, 1.807) is 0 Å². The fourth-order valence-electron chi connectivity index (χ4n) is 12.4. The largest absolute Gasteiger partial charge is 0.472 e. The molecule has 6 atom stereocenters. The van der Waals surface area contributed by atoms with E-state index in [-0.39, 0.29) is 25.7 Å². The van der Waals surface area contributed by atoms with Crippen LogP contribution in [0.3, 0.4) is 0 Å². The lowest BCUT2D eigenvalue weighted by Gasteiger charge is -2.21. The van der Waals surface area contributed by atoms with Gasteiger partial charge in [0.2, 0.25) is 0 Å². The summed E-state index contributed by atoms with van der Waals surface area (Å²) in [7, 11) is -9.94. The first-order chi connectivity index (χ1) is 49.8. The first kappa shape index (κ1) is 101. The maximum atomic E-state index is 13.1. The van der Waals surface area contributed by atoms with E-state index in [4.69, 9.17) is 37.0 Å². The van der Waals surface area contributed by atoms with Gasteiger partial charge in [-0.15, -0.1) is 0 Å². The number of unbranched alkanes of at least 4 members (excludes halogenated alkanes) is 44. The van der Waals surface area contributed by atoms with Crippen LogP contribution in [0, 0.1) is 17.8 Å². The fourth-order valence-corrected chi connectivity index (χ4v) is 14.0. The van der Waals surface area contributed by atoms with Crippen molar-refractivity contribution >= 4 is 39.5 Å². The molecule has 0 aromatic carbocycles. The molecule has 0 aliphatic rings. The smallest absolute Gasteiger partial charge is 0.462 e. The summed E-state index contributed by atoms with van der Waals surface area (Å²) < 4.78 is 68.7. The van der Waals surface area contributed by atoms with Gasteiger partial charge >= 0.3 is 39.5 Å². The molecule has 19 heteroatoms. The van der Waals surface area contributed by atoms with E-state index in [1.807, 2.05) is 0 Å². The summed E-state index contributed by atoms with van der Waals surface area (Å²) in [6.45, 7) is 11.9. The molecule has 608 valence electrons. The van der Waals surface area contributed by atoms with E-state index in [9.17, 15) is 43.2 Å².